The molecule has 3 aromatic carbocycles. The maximum absolute atomic E-state index is 13.9. The SMILES string of the molecule is Cc1ccccc1NC(=O)Nc1ccc(C[C@H]2NC(=O)C[C@@H](C(=O)O)NC(=O)[C@H](c3ccccc3)NC(=O)[C@H](CC(=O)O)NC(=O)[C@H](CC(C)C)NC2=O)cc1. The molecule has 17 nitrogen and oxygen atoms in total. The molecule has 296 valence electrons. The summed E-state index contributed by atoms with van der Waals surface area (Å²) in [5.41, 5.74) is 2.59. The predicted octanol–water partition coefficient (Wildman–Crippen LogP) is 1.99. The lowest BCUT2D eigenvalue weighted by Crippen LogP contribution is -2.59. The maximum Gasteiger partial charge on any atom is 0.326 e. The largest absolute Gasteiger partial charge is 0.481 e. The van der Waals surface area contributed by atoms with Gasteiger partial charge >= 0.3 is 18.0 Å². The first-order valence-corrected chi connectivity index (χ1v) is 17.8. The van der Waals surface area contributed by atoms with E-state index in [9.17, 15) is 48.6 Å². The summed E-state index contributed by atoms with van der Waals surface area (Å²) in [6.45, 7) is 5.38. The molecular formula is C39H45N7O10. The predicted molar refractivity (Wildman–Crippen MR) is 203 cm³/mol. The van der Waals surface area contributed by atoms with Gasteiger partial charge < -0.3 is 47.4 Å². The number of para-hydroxylation sites is 1. The van der Waals surface area contributed by atoms with Crippen LogP contribution in [0.3, 0.4) is 0 Å². The van der Waals surface area contributed by atoms with Crippen molar-refractivity contribution in [2.24, 2.45) is 5.92 Å². The molecule has 0 saturated carbocycles. The van der Waals surface area contributed by atoms with Gasteiger partial charge in [-0.3, -0.25) is 28.8 Å². The van der Waals surface area contributed by atoms with E-state index in [0.29, 0.717) is 16.9 Å². The van der Waals surface area contributed by atoms with Crippen LogP contribution in [-0.4, -0.2) is 81.9 Å². The summed E-state index contributed by atoms with van der Waals surface area (Å²) < 4.78 is 0. The van der Waals surface area contributed by atoms with Crippen LogP contribution in [-0.2, 0) is 40.0 Å². The van der Waals surface area contributed by atoms with Crippen LogP contribution >= 0.6 is 0 Å². The van der Waals surface area contributed by atoms with Crippen molar-refractivity contribution >= 4 is 58.9 Å². The number of aryl methyl sites for hydroxylation is 1. The molecule has 9 N–H and O–H groups in total. The fourth-order valence-corrected chi connectivity index (χ4v) is 5.88. The molecule has 0 unspecified atom stereocenters. The summed E-state index contributed by atoms with van der Waals surface area (Å²) in [7, 11) is 0. The Labute approximate surface area is 322 Å². The molecular weight excluding hydrogens is 726 g/mol. The van der Waals surface area contributed by atoms with Crippen molar-refractivity contribution in [1.29, 1.82) is 0 Å². The van der Waals surface area contributed by atoms with Crippen molar-refractivity contribution < 1.29 is 48.6 Å². The first-order chi connectivity index (χ1) is 26.6. The number of nitrogens with one attached hydrogen (secondary N) is 7. The van der Waals surface area contributed by atoms with Crippen LogP contribution in [0.5, 0.6) is 0 Å². The van der Waals surface area contributed by atoms with Gasteiger partial charge in [0.05, 0.1) is 12.8 Å². The number of urea groups is 1. The lowest BCUT2D eigenvalue weighted by Gasteiger charge is -2.28. The first-order valence-electron chi connectivity index (χ1n) is 17.8. The molecule has 0 bridgehead atoms. The molecule has 0 aliphatic carbocycles. The zero-order chi connectivity index (χ0) is 40.9. The van der Waals surface area contributed by atoms with E-state index in [1.54, 1.807) is 68.4 Å². The zero-order valence-corrected chi connectivity index (χ0v) is 31.0. The second kappa shape index (κ2) is 19.5. The monoisotopic (exact) mass is 771 g/mol. The Morgan fingerprint density at radius 2 is 1.30 bits per heavy atom. The minimum atomic E-state index is -1.82. The van der Waals surface area contributed by atoms with E-state index in [1.165, 1.54) is 12.1 Å². The first kappa shape index (κ1) is 42.0. The second-order valence-electron chi connectivity index (χ2n) is 13.7. The summed E-state index contributed by atoms with van der Waals surface area (Å²) >= 11 is 0. The van der Waals surface area contributed by atoms with E-state index in [0.717, 1.165) is 5.56 Å². The van der Waals surface area contributed by atoms with Gasteiger partial charge in [-0.25, -0.2) is 9.59 Å². The number of hydrogen-bond acceptors (Lipinski definition) is 8. The number of carbonyl (C=O) groups is 8. The summed E-state index contributed by atoms with van der Waals surface area (Å²) in [4.78, 5) is 105. The average Bonchev–Trinajstić information content (AvgIpc) is 3.13. The fourth-order valence-electron chi connectivity index (χ4n) is 5.88. The molecule has 1 heterocycles. The van der Waals surface area contributed by atoms with Crippen LogP contribution in [0.25, 0.3) is 0 Å². The number of hydrogen-bond donors (Lipinski definition) is 9. The highest BCUT2D eigenvalue weighted by Crippen LogP contribution is 2.18. The van der Waals surface area contributed by atoms with E-state index in [4.69, 9.17) is 0 Å². The van der Waals surface area contributed by atoms with Crippen LogP contribution in [0, 0.1) is 12.8 Å². The van der Waals surface area contributed by atoms with Gasteiger partial charge in [0.2, 0.25) is 29.5 Å². The molecule has 17 heteroatoms. The lowest BCUT2D eigenvalue weighted by atomic mass is 9.99. The van der Waals surface area contributed by atoms with Gasteiger partial charge in [-0.05, 0) is 54.2 Å². The average molecular weight is 772 g/mol. The number of anilines is 2. The highest BCUT2D eigenvalue weighted by atomic mass is 16.4. The topological polar surface area (TPSA) is 261 Å². The molecule has 1 fully saturated rings. The third-order valence-corrected chi connectivity index (χ3v) is 8.73. The minimum Gasteiger partial charge on any atom is -0.481 e. The number of amides is 7. The van der Waals surface area contributed by atoms with Crippen molar-refractivity contribution in [3.05, 3.63) is 95.6 Å². The number of carboxylic acid groups (broad SMARTS) is 2. The van der Waals surface area contributed by atoms with Crippen LogP contribution in [0.1, 0.15) is 55.8 Å². The molecule has 1 aliphatic heterocycles. The van der Waals surface area contributed by atoms with Gasteiger partial charge in [-0.15, -0.1) is 0 Å². The normalized spacial score (nSPS) is 21.1. The molecule has 56 heavy (non-hydrogen) atoms. The highest BCUT2D eigenvalue weighted by Gasteiger charge is 2.36. The molecule has 3 aromatic rings. The Kier molecular flexibility index (Phi) is 14.6. The molecule has 0 aromatic heterocycles. The van der Waals surface area contributed by atoms with E-state index in [-0.39, 0.29) is 24.3 Å². The smallest absolute Gasteiger partial charge is 0.326 e. The van der Waals surface area contributed by atoms with Gasteiger partial charge in [0.25, 0.3) is 0 Å². The van der Waals surface area contributed by atoms with Gasteiger partial charge in [0, 0.05) is 17.8 Å². The number of aliphatic carboxylic acids is 2. The summed E-state index contributed by atoms with van der Waals surface area (Å²) in [6, 6.07) is 13.0. The van der Waals surface area contributed by atoms with E-state index in [2.05, 4.69) is 37.2 Å². The molecule has 5 atom stereocenters. The number of rotatable bonds is 10. The Morgan fingerprint density at radius 1 is 0.696 bits per heavy atom. The highest BCUT2D eigenvalue weighted by molar-refractivity contribution is 6.01. The number of benzene rings is 3. The minimum absolute atomic E-state index is 0.0424. The van der Waals surface area contributed by atoms with Crippen molar-refractivity contribution in [2.45, 2.75) is 76.7 Å². The van der Waals surface area contributed by atoms with Crippen molar-refractivity contribution in [2.75, 3.05) is 10.6 Å². The van der Waals surface area contributed by atoms with Gasteiger partial charge in [-0.2, -0.15) is 0 Å². The quantitative estimate of drug-likeness (QED) is 0.145. The zero-order valence-electron chi connectivity index (χ0n) is 31.0. The molecule has 1 saturated heterocycles. The van der Waals surface area contributed by atoms with Gasteiger partial charge in [-0.1, -0.05) is 74.5 Å². The Hall–Kier alpha value is -6.78. The summed E-state index contributed by atoms with van der Waals surface area (Å²) in [6.07, 6.45) is -1.83. The van der Waals surface area contributed by atoms with Crippen LogP contribution in [0.4, 0.5) is 16.2 Å². The van der Waals surface area contributed by atoms with Crippen molar-refractivity contribution in [3.8, 4) is 0 Å². The molecule has 0 radical (unpaired) electrons. The lowest BCUT2D eigenvalue weighted by molar-refractivity contribution is -0.145. The third-order valence-electron chi connectivity index (χ3n) is 8.73. The Morgan fingerprint density at radius 3 is 1.93 bits per heavy atom. The number of carboxylic acids is 2. The number of carbonyl (C=O) groups excluding carboxylic acids is 6. The standard InChI is InChI=1S/C39H45N7O10/c1-21(2)17-27-34(50)43-29(20-32(48)49)36(52)46-33(24-10-5-4-6-11-24)37(53)44-30(38(54)55)19-31(47)41-28(35(51)42-27)18-23-13-15-25(16-14-23)40-39(56)45-26-12-8-7-9-22(26)3/h4-16,21,27-30,33H,17-20H2,1-3H3,(H,41,47)(H,42,51)(H,43,50)(H,44,53)(H,46,52)(H,48,49)(H,54,55)(H2,40,45,56)/t27-,28+,29-,30-,33-/m0/s1. The van der Waals surface area contributed by atoms with E-state index < -0.39 is 90.6 Å². The Balaban J connectivity index is 1.65. The van der Waals surface area contributed by atoms with Crippen LogP contribution < -0.4 is 37.2 Å². The summed E-state index contributed by atoms with van der Waals surface area (Å²) in [5.74, 6) is -8.00. The Bertz CT molecular complexity index is 1940. The van der Waals surface area contributed by atoms with Crippen LogP contribution in [0.15, 0.2) is 78.9 Å². The van der Waals surface area contributed by atoms with Crippen molar-refractivity contribution in [1.82, 2.24) is 26.6 Å². The van der Waals surface area contributed by atoms with E-state index in [1.807, 2.05) is 19.1 Å². The second-order valence-corrected chi connectivity index (χ2v) is 13.7. The molecule has 7 amide bonds. The molecule has 4 rings (SSSR count). The van der Waals surface area contributed by atoms with Gasteiger partial charge in [0.15, 0.2) is 0 Å². The van der Waals surface area contributed by atoms with Crippen LogP contribution in [0.2, 0.25) is 0 Å². The summed E-state index contributed by atoms with van der Waals surface area (Å²) in [5, 5.41) is 37.2. The van der Waals surface area contributed by atoms with E-state index >= 15 is 0 Å². The molecule has 0 spiro atoms. The third kappa shape index (κ3) is 12.4. The van der Waals surface area contributed by atoms with Crippen molar-refractivity contribution in [3.63, 3.8) is 0 Å². The fraction of sp³-hybridized carbons (Fsp3) is 0.333. The molecule has 1 aliphatic rings. The maximum atomic E-state index is 13.9. The van der Waals surface area contributed by atoms with Gasteiger partial charge in [0.1, 0.15) is 30.2 Å².